The SMILES string of the molecule is CCCCCC/C=C\C=C/CCCCCCCC(=O)O[C@H](COC(=O)CCCCCCCCCCCCC(C)CC)COP(=O)(O)OC[C@@H](O)COP(=O)(O)OC[C@@H](COC(=O)CCCCCCCCC(C)CC)OC(=O)CCCCCCCCCCCCCCCC(C)C. The third-order valence-corrected chi connectivity index (χ3v) is 19.6. The first-order chi connectivity index (χ1) is 45.8. The van der Waals surface area contributed by atoms with E-state index in [1.165, 1.54) is 154 Å². The predicted octanol–water partition coefficient (Wildman–Crippen LogP) is 21.7. The van der Waals surface area contributed by atoms with Crippen LogP contribution in [-0.2, 0) is 65.4 Å². The van der Waals surface area contributed by atoms with Gasteiger partial charge in [-0.25, -0.2) is 9.13 Å². The van der Waals surface area contributed by atoms with E-state index in [1.54, 1.807) is 0 Å². The van der Waals surface area contributed by atoms with Gasteiger partial charge in [0.05, 0.1) is 26.4 Å². The molecule has 0 bridgehead atoms. The van der Waals surface area contributed by atoms with Gasteiger partial charge in [-0.3, -0.25) is 37.3 Å². The van der Waals surface area contributed by atoms with E-state index in [2.05, 4.69) is 72.8 Å². The summed E-state index contributed by atoms with van der Waals surface area (Å²) in [6.45, 7) is 11.8. The molecule has 7 atom stereocenters. The van der Waals surface area contributed by atoms with Gasteiger partial charge < -0.3 is 33.8 Å². The summed E-state index contributed by atoms with van der Waals surface area (Å²) in [4.78, 5) is 72.8. The number of aliphatic hydroxyl groups is 1. The van der Waals surface area contributed by atoms with E-state index in [4.69, 9.17) is 37.0 Å². The topological polar surface area (TPSA) is 237 Å². The molecular formula is C76H144O17P2. The van der Waals surface area contributed by atoms with Gasteiger partial charge in [-0.05, 0) is 69.1 Å². The summed E-state index contributed by atoms with van der Waals surface area (Å²) >= 11 is 0. The molecular weight excluding hydrogens is 1250 g/mol. The summed E-state index contributed by atoms with van der Waals surface area (Å²) in [6.07, 6.45) is 54.8. The zero-order chi connectivity index (χ0) is 70.1. The van der Waals surface area contributed by atoms with Crippen molar-refractivity contribution in [2.24, 2.45) is 17.8 Å². The zero-order valence-corrected chi connectivity index (χ0v) is 63.4. The van der Waals surface area contributed by atoms with Crippen LogP contribution in [0, 0.1) is 17.8 Å². The highest BCUT2D eigenvalue weighted by atomic mass is 31.2. The van der Waals surface area contributed by atoms with Crippen molar-refractivity contribution in [1.82, 2.24) is 0 Å². The molecule has 0 heterocycles. The molecule has 0 aromatic heterocycles. The summed E-state index contributed by atoms with van der Waals surface area (Å²) < 4.78 is 68.5. The maximum absolute atomic E-state index is 13.1. The van der Waals surface area contributed by atoms with Crippen LogP contribution in [0.4, 0.5) is 0 Å². The molecule has 4 unspecified atom stereocenters. The quantitative estimate of drug-likeness (QED) is 0.0169. The van der Waals surface area contributed by atoms with Crippen LogP contribution in [0.15, 0.2) is 24.3 Å². The lowest BCUT2D eigenvalue weighted by Gasteiger charge is -2.21. The van der Waals surface area contributed by atoms with Gasteiger partial charge in [0, 0.05) is 25.7 Å². The molecule has 0 rings (SSSR count). The number of unbranched alkanes of at least 4 members (excludes halogenated alkanes) is 35. The van der Waals surface area contributed by atoms with Crippen molar-refractivity contribution in [3.05, 3.63) is 24.3 Å². The minimum Gasteiger partial charge on any atom is -0.462 e. The van der Waals surface area contributed by atoms with E-state index >= 15 is 0 Å². The van der Waals surface area contributed by atoms with Crippen molar-refractivity contribution in [1.29, 1.82) is 0 Å². The standard InChI is InChI=1S/C76H144O17P2/c1-8-11-12-13-14-15-16-17-18-21-24-31-36-45-52-59-75(80)92-71(63-86-73(78)57-50-43-35-30-27-26-29-34-41-48-55-68(6)9-2)65-90-94(82,83)88-61-70(77)62-89-95(84,85)91-66-72(64-87-74(79)58-51-44-39-38-42-49-56-69(7)10-3)93-76(81)60-53-46-37-32-25-22-19-20-23-28-33-40-47-54-67(4)5/h15-18,67-72,77H,8-14,19-66H2,1-7H3,(H,82,83)(H,84,85)/b16-15-,18-17-/t68?,69?,70-,71-,72-/m1/s1. The molecule has 0 amide bonds. The molecule has 0 aliphatic carbocycles. The van der Waals surface area contributed by atoms with Crippen molar-refractivity contribution in [2.45, 2.75) is 381 Å². The first-order valence-corrected chi connectivity index (χ1v) is 41.7. The van der Waals surface area contributed by atoms with Gasteiger partial charge >= 0.3 is 39.5 Å². The zero-order valence-electron chi connectivity index (χ0n) is 61.6. The normalized spacial score (nSPS) is 14.8. The summed E-state index contributed by atoms with van der Waals surface area (Å²) in [5, 5.41) is 10.6. The van der Waals surface area contributed by atoms with Crippen LogP contribution < -0.4 is 0 Å². The van der Waals surface area contributed by atoms with Gasteiger partial charge in [0.2, 0.25) is 0 Å². The minimum atomic E-state index is -4.97. The Morgan fingerprint density at radius 3 is 0.937 bits per heavy atom. The Bertz CT molecular complexity index is 1950. The molecule has 0 saturated carbocycles. The second-order valence-electron chi connectivity index (χ2n) is 27.7. The van der Waals surface area contributed by atoms with Crippen LogP contribution in [0.2, 0.25) is 0 Å². The van der Waals surface area contributed by atoms with E-state index in [9.17, 15) is 43.2 Å². The fourth-order valence-electron chi connectivity index (χ4n) is 11.0. The molecule has 17 nitrogen and oxygen atoms in total. The van der Waals surface area contributed by atoms with E-state index in [1.807, 2.05) is 0 Å². The molecule has 0 aliphatic rings. The van der Waals surface area contributed by atoms with Crippen LogP contribution in [0.25, 0.3) is 0 Å². The van der Waals surface area contributed by atoms with E-state index in [0.717, 1.165) is 127 Å². The van der Waals surface area contributed by atoms with Crippen molar-refractivity contribution in [3.8, 4) is 0 Å². The average molecular weight is 1390 g/mol. The van der Waals surface area contributed by atoms with Crippen molar-refractivity contribution in [3.63, 3.8) is 0 Å². The molecule has 0 saturated heterocycles. The molecule has 95 heavy (non-hydrogen) atoms. The van der Waals surface area contributed by atoms with Crippen LogP contribution >= 0.6 is 15.6 Å². The maximum atomic E-state index is 13.1. The van der Waals surface area contributed by atoms with Crippen LogP contribution in [-0.4, -0.2) is 96.7 Å². The number of allylic oxidation sites excluding steroid dienone is 4. The van der Waals surface area contributed by atoms with E-state index < -0.39 is 97.5 Å². The summed E-state index contributed by atoms with van der Waals surface area (Å²) in [6, 6.07) is 0. The number of rotatable bonds is 72. The fraction of sp³-hybridized carbons (Fsp3) is 0.895. The molecule has 0 fully saturated rings. The number of carbonyl (C=O) groups is 4. The third kappa shape index (κ3) is 67.2. The summed E-state index contributed by atoms with van der Waals surface area (Å²) in [5.74, 6) is 0.172. The fourth-order valence-corrected chi connectivity index (χ4v) is 12.6. The first-order valence-electron chi connectivity index (χ1n) is 38.7. The number of ether oxygens (including phenoxy) is 4. The highest BCUT2D eigenvalue weighted by Crippen LogP contribution is 2.45. The maximum Gasteiger partial charge on any atom is 0.472 e. The van der Waals surface area contributed by atoms with Crippen molar-refractivity contribution >= 4 is 39.5 Å². The van der Waals surface area contributed by atoms with E-state index in [0.29, 0.717) is 25.7 Å². The number of hydrogen-bond donors (Lipinski definition) is 3. The van der Waals surface area contributed by atoms with Gasteiger partial charge in [-0.2, -0.15) is 0 Å². The van der Waals surface area contributed by atoms with E-state index in [-0.39, 0.29) is 25.7 Å². The number of phosphoric ester groups is 2. The first kappa shape index (κ1) is 92.5. The smallest absolute Gasteiger partial charge is 0.462 e. The lowest BCUT2D eigenvalue weighted by Crippen LogP contribution is -2.30. The van der Waals surface area contributed by atoms with Gasteiger partial charge in [0.25, 0.3) is 0 Å². The Hall–Kier alpha value is -2.46. The van der Waals surface area contributed by atoms with Gasteiger partial charge in [-0.15, -0.1) is 0 Å². The molecule has 0 aromatic rings. The third-order valence-electron chi connectivity index (χ3n) is 17.7. The molecule has 0 radical (unpaired) electrons. The second kappa shape index (κ2) is 66.1. The van der Waals surface area contributed by atoms with Crippen LogP contribution in [0.1, 0.15) is 363 Å². The van der Waals surface area contributed by atoms with Gasteiger partial charge in [0.1, 0.15) is 19.3 Å². The molecule has 19 heteroatoms. The van der Waals surface area contributed by atoms with Gasteiger partial charge in [0.15, 0.2) is 12.2 Å². The molecule has 0 aromatic carbocycles. The summed E-state index contributed by atoms with van der Waals surface area (Å²) in [5.41, 5.74) is 0. The monoisotopic (exact) mass is 1390 g/mol. The molecule has 3 N–H and O–H groups in total. The number of aliphatic hydroxyl groups excluding tert-OH is 1. The minimum absolute atomic E-state index is 0.0845. The largest absolute Gasteiger partial charge is 0.472 e. The Morgan fingerprint density at radius 1 is 0.347 bits per heavy atom. The van der Waals surface area contributed by atoms with Crippen LogP contribution in [0.3, 0.4) is 0 Å². The Balaban J connectivity index is 5.30. The highest BCUT2D eigenvalue weighted by Gasteiger charge is 2.30. The Morgan fingerprint density at radius 2 is 0.621 bits per heavy atom. The second-order valence-corrected chi connectivity index (χ2v) is 30.6. The highest BCUT2D eigenvalue weighted by molar-refractivity contribution is 7.47. The number of hydrogen-bond acceptors (Lipinski definition) is 15. The predicted molar refractivity (Wildman–Crippen MR) is 386 cm³/mol. The number of phosphoric acid groups is 2. The van der Waals surface area contributed by atoms with Crippen molar-refractivity contribution in [2.75, 3.05) is 39.6 Å². The number of esters is 4. The van der Waals surface area contributed by atoms with Crippen LogP contribution in [0.5, 0.6) is 0 Å². The lowest BCUT2D eigenvalue weighted by atomic mass is 9.99. The van der Waals surface area contributed by atoms with Gasteiger partial charge in [-0.1, -0.05) is 310 Å². The number of carbonyl (C=O) groups excluding carboxylic acids is 4. The lowest BCUT2D eigenvalue weighted by molar-refractivity contribution is -0.161. The summed E-state index contributed by atoms with van der Waals surface area (Å²) in [7, 11) is -9.93. The molecule has 560 valence electrons. The molecule has 0 aliphatic heterocycles. The Kier molecular flexibility index (Phi) is 64.4. The average Bonchev–Trinajstić information content (AvgIpc) is 1.33. The van der Waals surface area contributed by atoms with Crippen molar-refractivity contribution < 1.29 is 80.2 Å². The Labute approximate surface area is 580 Å². The molecule has 0 spiro atoms.